The van der Waals surface area contributed by atoms with Gasteiger partial charge in [0.05, 0.1) is 4.92 Å². The van der Waals surface area contributed by atoms with E-state index < -0.39 is 4.92 Å². The van der Waals surface area contributed by atoms with Gasteiger partial charge in [0.25, 0.3) is 0 Å². The summed E-state index contributed by atoms with van der Waals surface area (Å²) in [6.07, 6.45) is 3.79. The molecule has 0 saturated carbocycles. The Labute approximate surface area is 134 Å². The highest BCUT2D eigenvalue weighted by Gasteiger charge is 2.18. The zero-order valence-corrected chi connectivity index (χ0v) is 13.4. The van der Waals surface area contributed by atoms with E-state index in [1.807, 2.05) is 13.8 Å². The summed E-state index contributed by atoms with van der Waals surface area (Å²) < 4.78 is 0. The van der Waals surface area contributed by atoms with Crippen molar-refractivity contribution in [1.29, 1.82) is 0 Å². The second-order valence-corrected chi connectivity index (χ2v) is 5.12. The van der Waals surface area contributed by atoms with Crippen LogP contribution in [-0.4, -0.2) is 21.7 Å². The summed E-state index contributed by atoms with van der Waals surface area (Å²) in [6.45, 7) is 3.92. The maximum absolute atomic E-state index is 11.8. The van der Waals surface area contributed by atoms with Crippen LogP contribution in [0.15, 0.2) is 12.1 Å². The molecule has 0 atom stereocenters. The largest absolute Gasteiger partial charge is 0.311 e. The summed E-state index contributed by atoms with van der Waals surface area (Å²) in [5.41, 5.74) is -0.304. The summed E-state index contributed by atoms with van der Waals surface area (Å²) in [7, 11) is 0. The average Bonchev–Trinajstić information content (AvgIpc) is 2.50. The first kappa shape index (κ1) is 18.5. The van der Waals surface area contributed by atoms with Crippen molar-refractivity contribution >= 4 is 29.1 Å². The van der Waals surface area contributed by atoms with Crippen LogP contribution in [0.25, 0.3) is 0 Å². The van der Waals surface area contributed by atoms with Crippen LogP contribution < -0.4 is 10.6 Å². The molecule has 1 heterocycles. The molecule has 0 bridgehead atoms. The molecule has 0 unspecified atom stereocenters. The molecule has 0 saturated heterocycles. The zero-order valence-electron chi connectivity index (χ0n) is 13.4. The fourth-order valence-electron chi connectivity index (χ4n) is 1.84. The molecule has 126 valence electrons. The lowest BCUT2D eigenvalue weighted by Gasteiger charge is -2.08. The van der Waals surface area contributed by atoms with E-state index in [4.69, 9.17) is 0 Å². The van der Waals surface area contributed by atoms with E-state index in [1.54, 1.807) is 0 Å². The van der Waals surface area contributed by atoms with Crippen LogP contribution in [0.2, 0.25) is 0 Å². The standard InChI is InChI=1S/C15H22N4O4/c1-3-5-7-13(20)16-12-10-9-11(19(22)23)15(17-12)18-14(21)8-6-4-2/h9-10H,3-8H2,1-2H3,(H2,16,17,18,20,21). The van der Waals surface area contributed by atoms with E-state index in [0.717, 1.165) is 19.3 Å². The van der Waals surface area contributed by atoms with Crippen LogP contribution in [0.5, 0.6) is 0 Å². The topological polar surface area (TPSA) is 114 Å². The van der Waals surface area contributed by atoms with Crippen molar-refractivity contribution in [3.8, 4) is 0 Å². The summed E-state index contributed by atoms with van der Waals surface area (Å²) >= 11 is 0. The Bertz CT molecular complexity index is 575. The van der Waals surface area contributed by atoms with E-state index in [0.29, 0.717) is 12.8 Å². The Balaban J connectivity index is 2.87. The molecular formula is C15H22N4O4. The number of carbonyl (C=O) groups excluding carboxylic acids is 2. The summed E-state index contributed by atoms with van der Waals surface area (Å²) in [6, 6.07) is 2.57. The van der Waals surface area contributed by atoms with Crippen LogP contribution in [0, 0.1) is 10.1 Å². The lowest BCUT2D eigenvalue weighted by atomic mass is 10.2. The van der Waals surface area contributed by atoms with Gasteiger partial charge in [0, 0.05) is 18.9 Å². The third-order valence-corrected chi connectivity index (χ3v) is 3.11. The Morgan fingerprint density at radius 3 is 2.17 bits per heavy atom. The van der Waals surface area contributed by atoms with Gasteiger partial charge in [-0.25, -0.2) is 4.98 Å². The molecule has 1 rings (SSSR count). The molecule has 0 aliphatic carbocycles. The van der Waals surface area contributed by atoms with Crippen molar-refractivity contribution in [3.05, 3.63) is 22.2 Å². The molecule has 8 nitrogen and oxygen atoms in total. The predicted octanol–water partition coefficient (Wildman–Crippen LogP) is 3.25. The van der Waals surface area contributed by atoms with Gasteiger partial charge in [0.2, 0.25) is 17.6 Å². The highest BCUT2D eigenvalue weighted by Crippen LogP contribution is 2.24. The Morgan fingerprint density at radius 1 is 1.09 bits per heavy atom. The highest BCUT2D eigenvalue weighted by atomic mass is 16.6. The molecule has 1 aromatic rings. The average molecular weight is 322 g/mol. The minimum Gasteiger partial charge on any atom is -0.311 e. The van der Waals surface area contributed by atoms with Crippen LogP contribution in [0.1, 0.15) is 52.4 Å². The number of hydrogen-bond donors (Lipinski definition) is 2. The van der Waals surface area contributed by atoms with Crippen LogP contribution >= 0.6 is 0 Å². The Hall–Kier alpha value is -2.51. The number of nitrogens with zero attached hydrogens (tertiary/aromatic N) is 2. The lowest BCUT2D eigenvalue weighted by molar-refractivity contribution is -0.384. The molecule has 8 heteroatoms. The third-order valence-electron chi connectivity index (χ3n) is 3.11. The maximum atomic E-state index is 11.8. The molecule has 2 amide bonds. The molecule has 0 aliphatic heterocycles. The van der Waals surface area contributed by atoms with Gasteiger partial charge in [-0.15, -0.1) is 0 Å². The number of hydrogen-bond acceptors (Lipinski definition) is 5. The molecule has 0 aromatic carbocycles. The molecule has 2 N–H and O–H groups in total. The van der Waals surface area contributed by atoms with Gasteiger partial charge < -0.3 is 10.6 Å². The van der Waals surface area contributed by atoms with E-state index in [9.17, 15) is 19.7 Å². The monoisotopic (exact) mass is 322 g/mol. The van der Waals surface area contributed by atoms with E-state index >= 15 is 0 Å². The van der Waals surface area contributed by atoms with E-state index in [1.165, 1.54) is 12.1 Å². The maximum Gasteiger partial charge on any atom is 0.311 e. The fraction of sp³-hybridized carbons (Fsp3) is 0.533. The number of nitro groups is 1. The predicted molar refractivity (Wildman–Crippen MR) is 87.2 cm³/mol. The first-order valence-corrected chi connectivity index (χ1v) is 7.73. The second-order valence-electron chi connectivity index (χ2n) is 5.12. The molecular weight excluding hydrogens is 300 g/mol. The van der Waals surface area contributed by atoms with Crippen molar-refractivity contribution in [3.63, 3.8) is 0 Å². The van der Waals surface area contributed by atoms with Crippen molar-refractivity contribution in [2.24, 2.45) is 0 Å². The quantitative estimate of drug-likeness (QED) is 0.535. The van der Waals surface area contributed by atoms with E-state index in [-0.39, 0.29) is 35.6 Å². The number of anilines is 2. The van der Waals surface area contributed by atoms with Gasteiger partial charge >= 0.3 is 5.69 Å². The molecule has 23 heavy (non-hydrogen) atoms. The van der Waals surface area contributed by atoms with Gasteiger partial charge in [0.15, 0.2) is 0 Å². The van der Waals surface area contributed by atoms with Gasteiger partial charge in [0.1, 0.15) is 5.82 Å². The minimum atomic E-state index is -0.620. The third kappa shape index (κ3) is 6.41. The van der Waals surface area contributed by atoms with Crippen LogP contribution in [-0.2, 0) is 9.59 Å². The highest BCUT2D eigenvalue weighted by molar-refractivity contribution is 5.93. The van der Waals surface area contributed by atoms with Crippen LogP contribution in [0.4, 0.5) is 17.3 Å². The summed E-state index contributed by atoms with van der Waals surface area (Å²) in [5.74, 6) is -0.514. The molecule has 0 aliphatic rings. The number of carbonyl (C=O) groups is 2. The number of rotatable bonds is 9. The van der Waals surface area contributed by atoms with Crippen molar-refractivity contribution in [1.82, 2.24) is 4.98 Å². The van der Waals surface area contributed by atoms with Gasteiger partial charge in [-0.05, 0) is 18.9 Å². The molecule has 0 fully saturated rings. The summed E-state index contributed by atoms with van der Waals surface area (Å²) in [5, 5.41) is 16.0. The van der Waals surface area contributed by atoms with Gasteiger partial charge in [-0.2, -0.15) is 0 Å². The number of nitrogens with one attached hydrogen (secondary N) is 2. The van der Waals surface area contributed by atoms with E-state index in [2.05, 4.69) is 15.6 Å². The number of unbranched alkanes of at least 4 members (excludes halogenated alkanes) is 2. The SMILES string of the molecule is CCCCC(=O)Nc1ccc([N+](=O)[O-])c(NC(=O)CCCC)n1. The number of amides is 2. The first-order chi connectivity index (χ1) is 11.0. The zero-order chi connectivity index (χ0) is 17.2. The minimum absolute atomic E-state index is 0.149. The lowest BCUT2D eigenvalue weighted by Crippen LogP contribution is -2.16. The van der Waals surface area contributed by atoms with Gasteiger partial charge in [-0.1, -0.05) is 26.7 Å². The second kappa shape index (κ2) is 9.50. The first-order valence-electron chi connectivity index (χ1n) is 7.73. The van der Waals surface area contributed by atoms with Crippen molar-refractivity contribution < 1.29 is 14.5 Å². The Kier molecular flexibility index (Phi) is 7.65. The number of aromatic nitrogens is 1. The van der Waals surface area contributed by atoms with Crippen molar-refractivity contribution in [2.75, 3.05) is 10.6 Å². The van der Waals surface area contributed by atoms with Crippen molar-refractivity contribution in [2.45, 2.75) is 52.4 Å². The molecule has 0 radical (unpaired) electrons. The molecule has 0 spiro atoms. The van der Waals surface area contributed by atoms with Crippen LogP contribution in [0.3, 0.4) is 0 Å². The fourth-order valence-corrected chi connectivity index (χ4v) is 1.84. The smallest absolute Gasteiger partial charge is 0.311 e. The summed E-state index contributed by atoms with van der Waals surface area (Å²) in [4.78, 5) is 37.8. The van der Waals surface area contributed by atoms with Gasteiger partial charge in [-0.3, -0.25) is 19.7 Å². The Morgan fingerprint density at radius 2 is 1.65 bits per heavy atom. The normalized spacial score (nSPS) is 10.2. The molecule has 1 aromatic heterocycles. The number of pyridine rings is 1.